The molecule has 0 radical (unpaired) electrons. The molecule has 7 nitrogen and oxygen atoms in total. The second-order valence-corrected chi connectivity index (χ2v) is 5.30. The van der Waals surface area contributed by atoms with Gasteiger partial charge in [-0.05, 0) is 38.1 Å². The maximum atomic E-state index is 11.9. The van der Waals surface area contributed by atoms with E-state index in [1.165, 1.54) is 0 Å². The maximum absolute atomic E-state index is 11.9. The smallest absolute Gasteiger partial charge is 0.237 e. The van der Waals surface area contributed by atoms with Crippen molar-refractivity contribution in [2.24, 2.45) is 11.5 Å². The third-order valence-corrected chi connectivity index (χ3v) is 3.68. The number of carbonyl (C=O) groups excluding carboxylic acids is 2. The Morgan fingerprint density at radius 1 is 1.38 bits per heavy atom. The van der Waals surface area contributed by atoms with Crippen LogP contribution in [0.1, 0.15) is 31.1 Å². The molecule has 1 saturated heterocycles. The molecule has 1 aromatic heterocycles. The number of nitrogens with two attached hydrogens (primary N) is 2. The molecule has 2 rings (SSSR count). The molecule has 116 valence electrons. The lowest BCUT2D eigenvalue weighted by Gasteiger charge is -2.26. The van der Waals surface area contributed by atoms with E-state index in [4.69, 9.17) is 15.9 Å². The van der Waals surface area contributed by atoms with Crippen molar-refractivity contribution in [1.29, 1.82) is 0 Å². The first-order valence-electron chi connectivity index (χ1n) is 7.17. The molecule has 2 atom stereocenters. The van der Waals surface area contributed by atoms with E-state index in [0.29, 0.717) is 6.54 Å². The van der Waals surface area contributed by atoms with Crippen molar-refractivity contribution in [3.8, 4) is 0 Å². The van der Waals surface area contributed by atoms with Gasteiger partial charge in [-0.1, -0.05) is 0 Å². The quantitative estimate of drug-likeness (QED) is 0.640. The summed E-state index contributed by atoms with van der Waals surface area (Å²) >= 11 is 0. The van der Waals surface area contributed by atoms with Crippen LogP contribution in [0.2, 0.25) is 0 Å². The summed E-state index contributed by atoms with van der Waals surface area (Å²) in [7, 11) is 0. The monoisotopic (exact) mass is 294 g/mol. The van der Waals surface area contributed by atoms with Crippen LogP contribution in [0.25, 0.3) is 0 Å². The number of carbonyl (C=O) groups is 2. The van der Waals surface area contributed by atoms with Gasteiger partial charge in [0.2, 0.25) is 11.8 Å². The molecule has 0 saturated carbocycles. The standard InChI is InChI=1S/C14H22N4O3/c15-10(8-13(16)19)14(20)17-9-11(12-4-3-7-21-12)18-5-1-2-6-18/h3-4,7,10-11H,1-2,5-6,8-9,15H2,(H2,16,19)(H,17,20). The number of hydrogen-bond acceptors (Lipinski definition) is 5. The Labute approximate surface area is 123 Å². The van der Waals surface area contributed by atoms with Gasteiger partial charge in [0, 0.05) is 6.54 Å². The summed E-state index contributed by atoms with van der Waals surface area (Å²) in [5.41, 5.74) is 10.7. The lowest BCUT2D eigenvalue weighted by atomic mass is 10.1. The molecule has 2 unspecified atom stereocenters. The topological polar surface area (TPSA) is 115 Å². The van der Waals surface area contributed by atoms with E-state index in [-0.39, 0.29) is 18.4 Å². The third-order valence-electron chi connectivity index (χ3n) is 3.68. The zero-order chi connectivity index (χ0) is 15.2. The van der Waals surface area contributed by atoms with Gasteiger partial charge >= 0.3 is 0 Å². The van der Waals surface area contributed by atoms with Crippen LogP contribution in [0.4, 0.5) is 0 Å². The average molecular weight is 294 g/mol. The van der Waals surface area contributed by atoms with Crippen LogP contribution >= 0.6 is 0 Å². The van der Waals surface area contributed by atoms with Gasteiger partial charge in [-0.2, -0.15) is 0 Å². The molecule has 5 N–H and O–H groups in total. The maximum Gasteiger partial charge on any atom is 0.237 e. The highest BCUT2D eigenvalue weighted by Crippen LogP contribution is 2.24. The minimum Gasteiger partial charge on any atom is -0.468 e. The number of nitrogens with one attached hydrogen (secondary N) is 1. The molecule has 2 heterocycles. The van der Waals surface area contributed by atoms with Crippen LogP contribution in [0.3, 0.4) is 0 Å². The van der Waals surface area contributed by atoms with Crippen LogP contribution in [-0.4, -0.2) is 42.4 Å². The number of amides is 2. The van der Waals surface area contributed by atoms with Crippen LogP contribution < -0.4 is 16.8 Å². The predicted octanol–water partition coefficient (Wildman–Crippen LogP) is -0.265. The molecule has 1 aliphatic heterocycles. The summed E-state index contributed by atoms with van der Waals surface area (Å²) < 4.78 is 5.47. The van der Waals surface area contributed by atoms with Gasteiger partial charge in [0.25, 0.3) is 0 Å². The summed E-state index contributed by atoms with van der Waals surface area (Å²) in [6.45, 7) is 2.36. The highest BCUT2D eigenvalue weighted by molar-refractivity contribution is 5.87. The van der Waals surface area contributed by atoms with Crippen molar-refractivity contribution in [2.75, 3.05) is 19.6 Å². The SMILES string of the molecule is NC(=O)CC(N)C(=O)NCC(c1ccco1)N1CCCC1. The van der Waals surface area contributed by atoms with Crippen LogP contribution in [0.15, 0.2) is 22.8 Å². The number of likely N-dealkylation sites (tertiary alicyclic amines) is 1. The largest absolute Gasteiger partial charge is 0.468 e. The lowest BCUT2D eigenvalue weighted by molar-refractivity contribution is -0.126. The third kappa shape index (κ3) is 4.30. The first kappa shape index (κ1) is 15.5. The normalized spacial score (nSPS) is 18.3. The van der Waals surface area contributed by atoms with Crippen molar-refractivity contribution in [1.82, 2.24) is 10.2 Å². The lowest BCUT2D eigenvalue weighted by Crippen LogP contribution is -2.45. The number of furan rings is 1. The molecule has 0 aliphatic carbocycles. The molecular weight excluding hydrogens is 272 g/mol. The fraction of sp³-hybridized carbons (Fsp3) is 0.571. The molecule has 21 heavy (non-hydrogen) atoms. The molecule has 2 amide bonds. The van der Waals surface area contributed by atoms with Crippen LogP contribution in [0.5, 0.6) is 0 Å². The van der Waals surface area contributed by atoms with E-state index >= 15 is 0 Å². The Morgan fingerprint density at radius 3 is 2.67 bits per heavy atom. The van der Waals surface area contributed by atoms with Gasteiger partial charge in [-0.15, -0.1) is 0 Å². The Kier molecular flexibility index (Phi) is 5.35. The van der Waals surface area contributed by atoms with Crippen LogP contribution in [-0.2, 0) is 9.59 Å². The zero-order valence-corrected chi connectivity index (χ0v) is 12.0. The predicted molar refractivity (Wildman–Crippen MR) is 77.1 cm³/mol. The molecule has 1 aromatic rings. The fourth-order valence-electron chi connectivity index (χ4n) is 2.58. The number of primary amides is 1. The van der Waals surface area contributed by atoms with Crippen molar-refractivity contribution >= 4 is 11.8 Å². The summed E-state index contributed by atoms with van der Waals surface area (Å²) in [6, 6.07) is 2.82. The molecule has 0 bridgehead atoms. The van der Waals surface area contributed by atoms with Crippen molar-refractivity contribution in [2.45, 2.75) is 31.3 Å². The van der Waals surface area contributed by atoms with Gasteiger partial charge in [0.05, 0.1) is 24.8 Å². The van der Waals surface area contributed by atoms with Crippen molar-refractivity contribution in [3.05, 3.63) is 24.2 Å². The van der Waals surface area contributed by atoms with E-state index in [2.05, 4.69) is 10.2 Å². The first-order valence-corrected chi connectivity index (χ1v) is 7.17. The van der Waals surface area contributed by atoms with E-state index in [9.17, 15) is 9.59 Å². The fourth-order valence-corrected chi connectivity index (χ4v) is 2.58. The van der Waals surface area contributed by atoms with Gasteiger partial charge in [0.15, 0.2) is 0 Å². The van der Waals surface area contributed by atoms with E-state index in [0.717, 1.165) is 31.7 Å². The van der Waals surface area contributed by atoms with Gasteiger partial charge in [-0.3, -0.25) is 14.5 Å². The second kappa shape index (κ2) is 7.24. The van der Waals surface area contributed by atoms with Gasteiger partial charge < -0.3 is 21.2 Å². The summed E-state index contributed by atoms with van der Waals surface area (Å²) in [5, 5.41) is 2.78. The number of hydrogen-bond donors (Lipinski definition) is 3. The van der Waals surface area contributed by atoms with Crippen LogP contribution in [0, 0.1) is 0 Å². The zero-order valence-electron chi connectivity index (χ0n) is 12.0. The Balaban J connectivity index is 1.93. The Hall–Kier alpha value is -1.86. The highest BCUT2D eigenvalue weighted by atomic mass is 16.3. The summed E-state index contributed by atoms with van der Waals surface area (Å²) in [5.74, 6) is -0.134. The molecule has 1 aliphatic rings. The minimum atomic E-state index is -0.904. The van der Waals surface area contributed by atoms with E-state index in [1.807, 2.05) is 12.1 Å². The van der Waals surface area contributed by atoms with E-state index < -0.39 is 11.9 Å². The molecule has 0 spiro atoms. The van der Waals surface area contributed by atoms with Gasteiger partial charge in [0.1, 0.15) is 5.76 Å². The average Bonchev–Trinajstić information content (AvgIpc) is 3.11. The van der Waals surface area contributed by atoms with Crippen molar-refractivity contribution in [3.63, 3.8) is 0 Å². The van der Waals surface area contributed by atoms with E-state index in [1.54, 1.807) is 6.26 Å². The molecule has 1 fully saturated rings. The second-order valence-electron chi connectivity index (χ2n) is 5.30. The number of nitrogens with zero attached hydrogens (tertiary/aromatic N) is 1. The first-order chi connectivity index (χ1) is 10.1. The highest BCUT2D eigenvalue weighted by Gasteiger charge is 2.26. The molecule has 7 heteroatoms. The van der Waals surface area contributed by atoms with Crippen molar-refractivity contribution < 1.29 is 14.0 Å². The Morgan fingerprint density at radius 2 is 2.10 bits per heavy atom. The number of rotatable bonds is 7. The minimum absolute atomic E-state index is 0.00720. The summed E-state index contributed by atoms with van der Waals surface area (Å²) in [6.07, 6.45) is 3.76. The van der Waals surface area contributed by atoms with Gasteiger partial charge in [-0.25, -0.2) is 0 Å². The molecule has 0 aromatic carbocycles. The molecular formula is C14H22N4O3. The summed E-state index contributed by atoms with van der Waals surface area (Å²) in [4.78, 5) is 24.9. The Bertz CT molecular complexity index is 469.